The molecule has 1 amide bonds. The first-order chi connectivity index (χ1) is 9.11. The van der Waals surface area contributed by atoms with Crippen molar-refractivity contribution in [2.24, 2.45) is 0 Å². The highest BCUT2D eigenvalue weighted by atomic mass is 35.5. The zero-order valence-corrected chi connectivity index (χ0v) is 11.7. The van der Waals surface area contributed by atoms with Crippen molar-refractivity contribution in [2.45, 2.75) is 26.8 Å². The molecular formula is C14H16ClN3O. The highest BCUT2D eigenvalue weighted by molar-refractivity contribution is 6.30. The molecule has 0 saturated heterocycles. The van der Waals surface area contributed by atoms with E-state index in [-0.39, 0.29) is 5.91 Å². The van der Waals surface area contributed by atoms with Gasteiger partial charge in [-0.05, 0) is 37.1 Å². The Morgan fingerprint density at radius 1 is 1.53 bits per heavy atom. The van der Waals surface area contributed by atoms with Crippen LogP contribution in [0.1, 0.15) is 29.4 Å². The average Bonchev–Trinajstić information content (AvgIpc) is 2.83. The standard InChI is InChI=1S/C14H16ClN3O/c1-3-6-18-7-4-5-12(18)14(19)17-11-8-10(2)13(15)16-9-11/h4-5,7-9H,3,6H2,1-2H3,(H,17,19). The van der Waals surface area contributed by atoms with Crippen LogP contribution in [0.15, 0.2) is 30.6 Å². The molecule has 0 aliphatic carbocycles. The van der Waals surface area contributed by atoms with Crippen molar-refractivity contribution in [3.8, 4) is 0 Å². The summed E-state index contributed by atoms with van der Waals surface area (Å²) >= 11 is 5.86. The molecule has 19 heavy (non-hydrogen) atoms. The van der Waals surface area contributed by atoms with Crippen LogP contribution in [0.4, 0.5) is 5.69 Å². The minimum Gasteiger partial charge on any atom is -0.344 e. The van der Waals surface area contributed by atoms with Crippen molar-refractivity contribution < 1.29 is 4.79 Å². The maximum atomic E-state index is 12.2. The molecule has 2 rings (SSSR count). The molecule has 0 aromatic carbocycles. The second kappa shape index (κ2) is 5.89. The van der Waals surface area contributed by atoms with Gasteiger partial charge >= 0.3 is 0 Å². The Bertz CT molecular complexity index is 592. The Morgan fingerprint density at radius 3 is 3.00 bits per heavy atom. The number of pyridine rings is 1. The lowest BCUT2D eigenvalue weighted by atomic mass is 10.3. The molecular weight excluding hydrogens is 262 g/mol. The number of halogens is 1. The van der Waals surface area contributed by atoms with Crippen molar-refractivity contribution in [3.05, 3.63) is 47.0 Å². The minimum absolute atomic E-state index is 0.137. The van der Waals surface area contributed by atoms with Crippen LogP contribution in [0, 0.1) is 6.92 Å². The fraction of sp³-hybridized carbons (Fsp3) is 0.286. The Kier molecular flexibility index (Phi) is 4.22. The van der Waals surface area contributed by atoms with Gasteiger partial charge in [0.05, 0.1) is 11.9 Å². The predicted molar refractivity (Wildman–Crippen MR) is 76.7 cm³/mol. The van der Waals surface area contributed by atoms with Crippen LogP contribution < -0.4 is 5.32 Å². The predicted octanol–water partition coefficient (Wildman–Crippen LogP) is 3.51. The maximum Gasteiger partial charge on any atom is 0.272 e. The van der Waals surface area contributed by atoms with Crippen LogP contribution in [0.25, 0.3) is 0 Å². The molecule has 0 aliphatic rings. The summed E-state index contributed by atoms with van der Waals surface area (Å²) in [7, 11) is 0. The molecule has 0 saturated carbocycles. The smallest absolute Gasteiger partial charge is 0.272 e. The molecule has 0 aliphatic heterocycles. The number of carbonyl (C=O) groups excluding carboxylic acids is 1. The van der Waals surface area contributed by atoms with E-state index in [4.69, 9.17) is 11.6 Å². The molecule has 2 aromatic heterocycles. The molecule has 2 aromatic rings. The third kappa shape index (κ3) is 3.15. The Labute approximate surface area is 117 Å². The summed E-state index contributed by atoms with van der Waals surface area (Å²) in [4.78, 5) is 16.2. The van der Waals surface area contributed by atoms with Crippen LogP contribution in [0.5, 0.6) is 0 Å². The van der Waals surface area contributed by atoms with Crippen molar-refractivity contribution in [1.29, 1.82) is 0 Å². The molecule has 0 radical (unpaired) electrons. The van der Waals surface area contributed by atoms with Gasteiger partial charge in [0, 0.05) is 12.7 Å². The number of hydrogen-bond donors (Lipinski definition) is 1. The highest BCUT2D eigenvalue weighted by Gasteiger charge is 2.11. The van der Waals surface area contributed by atoms with Gasteiger partial charge in [0.2, 0.25) is 0 Å². The van der Waals surface area contributed by atoms with E-state index < -0.39 is 0 Å². The van der Waals surface area contributed by atoms with Crippen molar-refractivity contribution in [3.63, 3.8) is 0 Å². The fourth-order valence-corrected chi connectivity index (χ4v) is 1.98. The van der Waals surface area contributed by atoms with E-state index in [1.807, 2.05) is 23.8 Å². The zero-order valence-electron chi connectivity index (χ0n) is 11.0. The average molecular weight is 278 g/mol. The van der Waals surface area contributed by atoms with E-state index in [0.29, 0.717) is 16.5 Å². The first-order valence-corrected chi connectivity index (χ1v) is 6.58. The van der Waals surface area contributed by atoms with Crippen LogP contribution in [0.3, 0.4) is 0 Å². The van der Waals surface area contributed by atoms with Gasteiger partial charge in [-0.1, -0.05) is 18.5 Å². The summed E-state index contributed by atoms with van der Waals surface area (Å²) in [5.74, 6) is -0.137. The molecule has 0 unspecified atom stereocenters. The lowest BCUT2D eigenvalue weighted by molar-refractivity contribution is 0.101. The van der Waals surface area contributed by atoms with Gasteiger partial charge in [-0.25, -0.2) is 4.98 Å². The van der Waals surface area contributed by atoms with Crippen LogP contribution in [0.2, 0.25) is 5.15 Å². The van der Waals surface area contributed by atoms with E-state index in [9.17, 15) is 4.79 Å². The normalized spacial score (nSPS) is 10.5. The van der Waals surface area contributed by atoms with Crippen LogP contribution in [-0.2, 0) is 6.54 Å². The maximum absolute atomic E-state index is 12.2. The zero-order chi connectivity index (χ0) is 13.8. The third-order valence-corrected chi connectivity index (χ3v) is 3.19. The number of aryl methyl sites for hydroxylation is 2. The van der Waals surface area contributed by atoms with E-state index in [0.717, 1.165) is 18.5 Å². The lowest BCUT2D eigenvalue weighted by Crippen LogP contribution is -2.17. The van der Waals surface area contributed by atoms with Crippen molar-refractivity contribution in [2.75, 3.05) is 5.32 Å². The summed E-state index contributed by atoms with van der Waals surface area (Å²) in [5, 5.41) is 3.28. The quantitative estimate of drug-likeness (QED) is 0.870. The number of anilines is 1. The van der Waals surface area contributed by atoms with Crippen molar-refractivity contribution in [1.82, 2.24) is 9.55 Å². The summed E-state index contributed by atoms with van der Waals surface area (Å²) in [6, 6.07) is 5.48. The molecule has 0 atom stereocenters. The highest BCUT2D eigenvalue weighted by Crippen LogP contribution is 2.17. The number of nitrogens with one attached hydrogen (secondary N) is 1. The van der Waals surface area contributed by atoms with Gasteiger partial charge in [0.25, 0.3) is 5.91 Å². The SMILES string of the molecule is CCCn1cccc1C(=O)Nc1cnc(Cl)c(C)c1. The first-order valence-electron chi connectivity index (χ1n) is 6.20. The minimum atomic E-state index is -0.137. The van der Waals surface area contributed by atoms with E-state index >= 15 is 0 Å². The number of nitrogens with zero attached hydrogens (tertiary/aromatic N) is 2. The Morgan fingerprint density at radius 2 is 2.32 bits per heavy atom. The lowest BCUT2D eigenvalue weighted by Gasteiger charge is -2.09. The monoisotopic (exact) mass is 277 g/mol. The molecule has 5 heteroatoms. The Balaban J connectivity index is 2.16. The summed E-state index contributed by atoms with van der Waals surface area (Å²) in [6.07, 6.45) is 4.45. The molecule has 2 heterocycles. The molecule has 0 spiro atoms. The summed E-state index contributed by atoms with van der Waals surface area (Å²) in [6.45, 7) is 4.76. The molecule has 100 valence electrons. The van der Waals surface area contributed by atoms with Gasteiger partial charge in [0.15, 0.2) is 0 Å². The van der Waals surface area contributed by atoms with Crippen LogP contribution in [-0.4, -0.2) is 15.5 Å². The van der Waals surface area contributed by atoms with Crippen LogP contribution >= 0.6 is 11.6 Å². The first kappa shape index (κ1) is 13.6. The van der Waals surface area contributed by atoms with Gasteiger partial charge in [-0.3, -0.25) is 4.79 Å². The summed E-state index contributed by atoms with van der Waals surface area (Å²) < 4.78 is 1.94. The Hall–Kier alpha value is -1.81. The molecule has 1 N–H and O–H groups in total. The van der Waals surface area contributed by atoms with Gasteiger partial charge in [0.1, 0.15) is 10.8 Å². The number of hydrogen-bond acceptors (Lipinski definition) is 2. The molecule has 0 fully saturated rings. The van der Waals surface area contributed by atoms with Gasteiger partial charge in [-0.15, -0.1) is 0 Å². The number of rotatable bonds is 4. The number of carbonyl (C=O) groups is 1. The van der Waals surface area contributed by atoms with E-state index in [2.05, 4.69) is 17.2 Å². The second-order valence-electron chi connectivity index (χ2n) is 4.37. The number of amides is 1. The summed E-state index contributed by atoms with van der Waals surface area (Å²) in [5.41, 5.74) is 2.13. The number of aromatic nitrogens is 2. The fourth-order valence-electron chi connectivity index (χ4n) is 1.88. The largest absolute Gasteiger partial charge is 0.344 e. The molecule has 0 bridgehead atoms. The van der Waals surface area contributed by atoms with Gasteiger partial charge < -0.3 is 9.88 Å². The van der Waals surface area contributed by atoms with Gasteiger partial charge in [-0.2, -0.15) is 0 Å². The second-order valence-corrected chi connectivity index (χ2v) is 4.73. The van der Waals surface area contributed by atoms with Crippen molar-refractivity contribution >= 4 is 23.2 Å². The topological polar surface area (TPSA) is 46.9 Å². The van der Waals surface area contributed by atoms with E-state index in [1.165, 1.54) is 0 Å². The molecule has 4 nitrogen and oxygen atoms in total. The van der Waals surface area contributed by atoms with E-state index in [1.54, 1.807) is 18.3 Å². The third-order valence-electron chi connectivity index (χ3n) is 2.80.